The molecule has 1 nitrogen and oxygen atoms in total. The van der Waals surface area contributed by atoms with Crippen molar-refractivity contribution in [1.29, 1.82) is 0 Å². The minimum Gasteiger partial charge on any atom is -0.388 e. The maximum absolute atomic E-state index is 13.1. The molecule has 1 atom stereocenters. The van der Waals surface area contributed by atoms with Gasteiger partial charge in [0.1, 0.15) is 5.83 Å². The van der Waals surface area contributed by atoms with Crippen LogP contribution in [0.3, 0.4) is 0 Å². The number of rotatable bonds is 1. The molecule has 0 aromatic heterocycles. The van der Waals surface area contributed by atoms with Crippen molar-refractivity contribution in [3.8, 4) is 0 Å². The smallest absolute Gasteiger partial charge is 0.116 e. The highest BCUT2D eigenvalue weighted by molar-refractivity contribution is 5.26. The van der Waals surface area contributed by atoms with Crippen molar-refractivity contribution in [3.05, 3.63) is 47.9 Å². The lowest BCUT2D eigenvalue weighted by Crippen LogP contribution is -2.32. The zero-order valence-corrected chi connectivity index (χ0v) is 8.96. The number of hydrogen-bond donors (Lipinski definition) is 1. The Morgan fingerprint density at radius 2 is 2.00 bits per heavy atom. The Hall–Kier alpha value is -1.31. The Morgan fingerprint density at radius 1 is 1.27 bits per heavy atom. The SMILES string of the molecule is CC1(c2ccccc2)CCC(F)=CNC1. The third-order valence-electron chi connectivity index (χ3n) is 3.14. The van der Waals surface area contributed by atoms with Crippen molar-refractivity contribution in [3.63, 3.8) is 0 Å². The first-order chi connectivity index (χ1) is 7.21. The maximum Gasteiger partial charge on any atom is 0.116 e. The van der Waals surface area contributed by atoms with Crippen LogP contribution in [-0.2, 0) is 5.41 Å². The lowest BCUT2D eigenvalue weighted by atomic mass is 9.79. The summed E-state index contributed by atoms with van der Waals surface area (Å²) < 4.78 is 13.1. The molecule has 2 rings (SSSR count). The second kappa shape index (κ2) is 4.05. The summed E-state index contributed by atoms with van der Waals surface area (Å²) >= 11 is 0. The first-order valence-electron chi connectivity index (χ1n) is 5.34. The maximum atomic E-state index is 13.1. The second-order valence-corrected chi connectivity index (χ2v) is 4.40. The minimum atomic E-state index is -0.0466. The molecule has 1 aromatic rings. The summed E-state index contributed by atoms with van der Waals surface area (Å²) in [5, 5.41) is 3.05. The summed E-state index contributed by atoms with van der Waals surface area (Å²) in [6.07, 6.45) is 2.87. The van der Waals surface area contributed by atoms with Gasteiger partial charge in [-0.2, -0.15) is 0 Å². The lowest BCUT2D eigenvalue weighted by Gasteiger charge is -2.28. The Bertz CT molecular complexity index is 358. The third-order valence-corrected chi connectivity index (χ3v) is 3.14. The Balaban J connectivity index is 2.21. The van der Waals surface area contributed by atoms with E-state index < -0.39 is 0 Å². The zero-order valence-electron chi connectivity index (χ0n) is 8.96. The molecular weight excluding hydrogens is 189 g/mol. The molecule has 0 fully saturated rings. The van der Waals surface area contributed by atoms with E-state index in [1.807, 2.05) is 18.2 Å². The molecule has 1 aromatic carbocycles. The topological polar surface area (TPSA) is 12.0 Å². The van der Waals surface area contributed by atoms with E-state index in [9.17, 15) is 4.39 Å². The molecule has 0 bridgehead atoms. The fourth-order valence-corrected chi connectivity index (χ4v) is 2.03. The molecule has 0 radical (unpaired) electrons. The molecule has 1 aliphatic heterocycles. The van der Waals surface area contributed by atoms with Crippen LogP contribution in [0.15, 0.2) is 42.4 Å². The standard InChI is InChI=1S/C13H16FN/c1-13(11-5-3-2-4-6-11)8-7-12(14)9-15-10-13/h2-6,9,15H,7-8,10H2,1H3. The van der Waals surface area contributed by atoms with E-state index in [-0.39, 0.29) is 11.2 Å². The third kappa shape index (κ3) is 2.20. The van der Waals surface area contributed by atoms with Crippen LogP contribution >= 0.6 is 0 Å². The fraction of sp³-hybridized carbons (Fsp3) is 0.385. The highest BCUT2D eigenvalue weighted by Crippen LogP contribution is 2.31. The van der Waals surface area contributed by atoms with Crippen LogP contribution in [-0.4, -0.2) is 6.54 Å². The quantitative estimate of drug-likeness (QED) is 0.742. The Labute approximate surface area is 90.0 Å². The highest BCUT2D eigenvalue weighted by atomic mass is 19.1. The molecule has 2 heteroatoms. The normalized spacial score (nSPS) is 26.4. The van der Waals surface area contributed by atoms with Gasteiger partial charge in [-0.3, -0.25) is 0 Å². The van der Waals surface area contributed by atoms with E-state index in [0.29, 0.717) is 6.42 Å². The van der Waals surface area contributed by atoms with Crippen LogP contribution in [0.25, 0.3) is 0 Å². The summed E-state index contributed by atoms with van der Waals surface area (Å²) in [7, 11) is 0. The van der Waals surface area contributed by atoms with Gasteiger partial charge in [-0.15, -0.1) is 0 Å². The predicted molar refractivity (Wildman–Crippen MR) is 60.2 cm³/mol. The van der Waals surface area contributed by atoms with Gasteiger partial charge in [0.15, 0.2) is 0 Å². The molecule has 0 saturated carbocycles. The molecule has 0 aliphatic carbocycles. The van der Waals surface area contributed by atoms with Gasteiger partial charge in [-0.05, 0) is 12.0 Å². The largest absolute Gasteiger partial charge is 0.388 e. The Morgan fingerprint density at radius 3 is 2.73 bits per heavy atom. The second-order valence-electron chi connectivity index (χ2n) is 4.40. The fourth-order valence-electron chi connectivity index (χ4n) is 2.03. The number of halogens is 1. The molecule has 80 valence electrons. The predicted octanol–water partition coefficient (Wildman–Crippen LogP) is 3.14. The van der Waals surface area contributed by atoms with Gasteiger partial charge >= 0.3 is 0 Å². The van der Waals surface area contributed by atoms with E-state index in [1.54, 1.807) is 0 Å². The lowest BCUT2D eigenvalue weighted by molar-refractivity contribution is 0.422. The van der Waals surface area contributed by atoms with E-state index >= 15 is 0 Å². The first kappa shape index (κ1) is 10.2. The monoisotopic (exact) mass is 205 g/mol. The molecule has 1 N–H and O–H groups in total. The molecular formula is C13H16FN. The molecule has 0 spiro atoms. The molecule has 1 aliphatic rings. The van der Waals surface area contributed by atoms with Crippen molar-refractivity contribution in [1.82, 2.24) is 5.32 Å². The van der Waals surface area contributed by atoms with Crippen LogP contribution in [0.4, 0.5) is 4.39 Å². The van der Waals surface area contributed by atoms with Crippen LogP contribution in [0.5, 0.6) is 0 Å². The van der Waals surface area contributed by atoms with Crippen molar-refractivity contribution in [2.75, 3.05) is 6.54 Å². The van der Waals surface area contributed by atoms with Gasteiger partial charge in [0, 0.05) is 24.6 Å². The van der Waals surface area contributed by atoms with E-state index in [1.165, 1.54) is 11.8 Å². The summed E-state index contributed by atoms with van der Waals surface area (Å²) in [4.78, 5) is 0. The molecule has 1 unspecified atom stereocenters. The number of hydrogen-bond acceptors (Lipinski definition) is 1. The number of allylic oxidation sites excluding steroid dienone is 1. The van der Waals surface area contributed by atoms with E-state index in [4.69, 9.17) is 0 Å². The summed E-state index contributed by atoms with van der Waals surface area (Å²) in [5.41, 5.74) is 1.31. The summed E-state index contributed by atoms with van der Waals surface area (Å²) in [6, 6.07) is 10.3. The van der Waals surface area contributed by atoms with Crippen molar-refractivity contribution in [2.24, 2.45) is 0 Å². The molecule has 0 amide bonds. The van der Waals surface area contributed by atoms with Crippen LogP contribution in [0.2, 0.25) is 0 Å². The van der Waals surface area contributed by atoms with Gasteiger partial charge < -0.3 is 5.32 Å². The van der Waals surface area contributed by atoms with E-state index in [2.05, 4.69) is 24.4 Å². The van der Waals surface area contributed by atoms with Crippen LogP contribution < -0.4 is 5.32 Å². The van der Waals surface area contributed by atoms with Gasteiger partial charge in [0.2, 0.25) is 0 Å². The van der Waals surface area contributed by atoms with Gasteiger partial charge in [-0.25, -0.2) is 4.39 Å². The average molecular weight is 205 g/mol. The van der Waals surface area contributed by atoms with Crippen molar-refractivity contribution in [2.45, 2.75) is 25.2 Å². The molecule has 0 saturated heterocycles. The molecule has 15 heavy (non-hydrogen) atoms. The van der Waals surface area contributed by atoms with Gasteiger partial charge in [-0.1, -0.05) is 37.3 Å². The van der Waals surface area contributed by atoms with Crippen LogP contribution in [0.1, 0.15) is 25.3 Å². The van der Waals surface area contributed by atoms with Crippen molar-refractivity contribution < 1.29 is 4.39 Å². The first-order valence-corrected chi connectivity index (χ1v) is 5.34. The van der Waals surface area contributed by atoms with Gasteiger partial charge in [0.25, 0.3) is 0 Å². The van der Waals surface area contributed by atoms with E-state index in [0.717, 1.165) is 13.0 Å². The number of benzene rings is 1. The summed E-state index contributed by atoms with van der Waals surface area (Å²) in [5.74, 6) is -0.0466. The minimum absolute atomic E-state index is 0.0333. The molecule has 1 heterocycles. The zero-order chi connectivity index (χ0) is 10.7. The summed E-state index contributed by atoms with van der Waals surface area (Å²) in [6.45, 7) is 2.98. The number of nitrogens with one attached hydrogen (secondary N) is 1. The van der Waals surface area contributed by atoms with Crippen LogP contribution in [0, 0.1) is 0 Å². The van der Waals surface area contributed by atoms with Gasteiger partial charge in [0.05, 0.1) is 0 Å². The Kier molecular flexibility index (Phi) is 2.76. The average Bonchev–Trinajstić information content (AvgIpc) is 2.44. The highest BCUT2D eigenvalue weighted by Gasteiger charge is 2.27. The van der Waals surface area contributed by atoms with Crippen molar-refractivity contribution >= 4 is 0 Å².